The lowest BCUT2D eigenvalue weighted by Gasteiger charge is -2.42. The minimum absolute atomic E-state index is 0.0469. The van der Waals surface area contributed by atoms with Crippen LogP contribution < -0.4 is 5.73 Å². The molecule has 2 aliphatic rings. The van der Waals surface area contributed by atoms with E-state index in [0.29, 0.717) is 18.5 Å². The second-order valence-corrected chi connectivity index (χ2v) is 6.72. The molecule has 0 aromatic heterocycles. The number of ketones is 1. The summed E-state index contributed by atoms with van der Waals surface area (Å²) in [4.78, 5) is 12.8. The Morgan fingerprint density at radius 3 is 2.52 bits per heavy atom. The highest BCUT2D eigenvalue weighted by molar-refractivity contribution is 5.99. The van der Waals surface area contributed by atoms with Crippen molar-refractivity contribution < 1.29 is 18.0 Å². The Hall–Kier alpha value is -2.79. The lowest BCUT2D eigenvalue weighted by molar-refractivity contribution is -0.138. The van der Waals surface area contributed by atoms with Gasteiger partial charge in [-0.05, 0) is 24.5 Å². The molecule has 0 saturated carbocycles. The predicted molar refractivity (Wildman–Crippen MR) is 92.4 cm³/mol. The first kappa shape index (κ1) is 19.0. The Kier molecular flexibility index (Phi) is 4.74. The van der Waals surface area contributed by atoms with Crippen LogP contribution in [0.1, 0.15) is 36.3 Å². The maximum Gasteiger partial charge on any atom is 0.416 e. The van der Waals surface area contributed by atoms with Gasteiger partial charge in [-0.2, -0.15) is 18.4 Å². The molecule has 1 aliphatic heterocycles. The number of hydrogen-bond donors (Lipinski definition) is 1. The highest BCUT2D eigenvalue weighted by Gasteiger charge is 2.44. The Morgan fingerprint density at radius 2 is 1.93 bits per heavy atom. The number of benzene rings is 1. The Balaban J connectivity index is 2.33. The lowest BCUT2D eigenvalue weighted by atomic mass is 9.74. The van der Waals surface area contributed by atoms with Gasteiger partial charge >= 0.3 is 6.18 Å². The Labute approximate surface area is 155 Å². The summed E-state index contributed by atoms with van der Waals surface area (Å²) in [5.41, 5.74) is 5.96. The number of nitriles is 1. The van der Waals surface area contributed by atoms with Crippen molar-refractivity contribution in [3.63, 3.8) is 0 Å². The predicted octanol–water partition coefficient (Wildman–Crippen LogP) is 3.28. The molecule has 8 heteroatoms. The number of nitrogens with two attached hydrogens (primary N) is 1. The molecular formula is C19H19F3N4O. The number of rotatable bonds is 2. The van der Waals surface area contributed by atoms with E-state index >= 15 is 0 Å². The summed E-state index contributed by atoms with van der Waals surface area (Å²) in [6, 6.07) is 7.00. The molecule has 0 radical (unpaired) electrons. The number of hydrazine groups is 1. The summed E-state index contributed by atoms with van der Waals surface area (Å²) in [5, 5.41) is 12.9. The van der Waals surface area contributed by atoms with Gasteiger partial charge < -0.3 is 5.73 Å². The molecule has 2 N–H and O–H groups in total. The molecule has 5 nitrogen and oxygen atoms in total. The number of allylic oxidation sites excluding steroid dienone is 3. The first-order valence-electron chi connectivity index (χ1n) is 8.48. The van der Waals surface area contributed by atoms with Crippen molar-refractivity contribution in [3.8, 4) is 6.07 Å². The van der Waals surface area contributed by atoms with Crippen LogP contribution in [-0.4, -0.2) is 29.9 Å². The molecule has 3 rings (SSSR count). The van der Waals surface area contributed by atoms with Crippen LogP contribution in [0, 0.1) is 11.3 Å². The molecule has 0 fully saturated rings. The summed E-state index contributed by atoms with van der Waals surface area (Å²) in [7, 11) is 3.41. The van der Waals surface area contributed by atoms with Crippen molar-refractivity contribution in [1.29, 1.82) is 5.26 Å². The standard InChI is InChI=1S/C19H19F3N4O/c1-25(2)26-14-8-5-9-15(27)17(14)16(12(10-23)18(26)24)11-6-3-4-7-13(11)19(20,21)22/h3-4,6-7,16H,5,8-9,24H2,1-2H3. The number of alkyl halides is 3. The fourth-order valence-corrected chi connectivity index (χ4v) is 3.84. The number of carbonyl (C=O) groups is 1. The van der Waals surface area contributed by atoms with Crippen molar-refractivity contribution >= 4 is 5.78 Å². The molecule has 1 aliphatic carbocycles. The van der Waals surface area contributed by atoms with E-state index in [0.717, 1.165) is 6.07 Å². The van der Waals surface area contributed by atoms with Gasteiger partial charge in [0.15, 0.2) is 5.78 Å². The number of halogens is 3. The van der Waals surface area contributed by atoms with Crippen LogP contribution in [0.4, 0.5) is 13.2 Å². The van der Waals surface area contributed by atoms with E-state index in [4.69, 9.17) is 5.73 Å². The third kappa shape index (κ3) is 3.08. The summed E-state index contributed by atoms with van der Waals surface area (Å²) in [6.07, 6.45) is -3.28. The SMILES string of the molecule is CN(C)N1C(N)=C(C#N)C(c2ccccc2C(F)(F)F)C2=C1CCCC2=O. The van der Waals surface area contributed by atoms with Gasteiger partial charge in [0.05, 0.1) is 23.1 Å². The number of carbonyl (C=O) groups excluding carboxylic acids is 1. The topological polar surface area (TPSA) is 73.4 Å². The van der Waals surface area contributed by atoms with Crippen LogP contribution in [0.25, 0.3) is 0 Å². The first-order chi connectivity index (χ1) is 12.7. The minimum Gasteiger partial charge on any atom is -0.383 e. The molecule has 0 bridgehead atoms. The second kappa shape index (κ2) is 6.74. The van der Waals surface area contributed by atoms with Crippen LogP contribution in [0.15, 0.2) is 46.9 Å². The second-order valence-electron chi connectivity index (χ2n) is 6.72. The summed E-state index contributed by atoms with van der Waals surface area (Å²) >= 11 is 0. The van der Waals surface area contributed by atoms with E-state index in [-0.39, 0.29) is 34.7 Å². The van der Waals surface area contributed by atoms with E-state index in [1.807, 2.05) is 6.07 Å². The highest BCUT2D eigenvalue weighted by Crippen LogP contribution is 2.47. The van der Waals surface area contributed by atoms with Gasteiger partial charge in [-0.3, -0.25) is 9.80 Å². The maximum absolute atomic E-state index is 13.6. The van der Waals surface area contributed by atoms with Crippen molar-refractivity contribution in [2.75, 3.05) is 14.1 Å². The molecule has 1 aromatic carbocycles. The average molecular weight is 376 g/mol. The Morgan fingerprint density at radius 1 is 1.26 bits per heavy atom. The van der Waals surface area contributed by atoms with Gasteiger partial charge in [-0.25, -0.2) is 5.01 Å². The van der Waals surface area contributed by atoms with Crippen molar-refractivity contribution in [2.24, 2.45) is 5.73 Å². The highest BCUT2D eigenvalue weighted by atomic mass is 19.4. The van der Waals surface area contributed by atoms with Crippen molar-refractivity contribution in [2.45, 2.75) is 31.4 Å². The number of Topliss-reactive ketones (excluding diaryl/α,β-unsaturated/α-hetero) is 1. The molecule has 1 aromatic rings. The van der Waals surface area contributed by atoms with E-state index in [1.54, 1.807) is 24.1 Å². The van der Waals surface area contributed by atoms with Crippen LogP contribution in [0.5, 0.6) is 0 Å². The van der Waals surface area contributed by atoms with Gasteiger partial charge in [-0.1, -0.05) is 18.2 Å². The van der Waals surface area contributed by atoms with Crippen molar-refractivity contribution in [1.82, 2.24) is 10.0 Å². The molecule has 1 unspecified atom stereocenters. The average Bonchev–Trinajstić information content (AvgIpc) is 2.59. The third-order valence-corrected chi connectivity index (χ3v) is 4.86. The zero-order valence-electron chi connectivity index (χ0n) is 15.0. The number of hydrogen-bond acceptors (Lipinski definition) is 5. The Bertz CT molecular complexity index is 893. The fourth-order valence-electron chi connectivity index (χ4n) is 3.84. The van der Waals surface area contributed by atoms with Gasteiger partial charge in [0.1, 0.15) is 5.82 Å². The maximum atomic E-state index is 13.6. The molecule has 142 valence electrons. The normalized spacial score (nSPS) is 20.9. The third-order valence-electron chi connectivity index (χ3n) is 4.86. The molecule has 27 heavy (non-hydrogen) atoms. The van der Waals surface area contributed by atoms with Crippen LogP contribution in [0.3, 0.4) is 0 Å². The minimum atomic E-state index is -4.61. The van der Waals surface area contributed by atoms with Gasteiger partial charge in [0.25, 0.3) is 0 Å². The molecular weight excluding hydrogens is 357 g/mol. The molecule has 0 saturated heterocycles. The zero-order chi connectivity index (χ0) is 19.9. The quantitative estimate of drug-likeness (QED) is 0.858. The van der Waals surface area contributed by atoms with Crippen LogP contribution >= 0.6 is 0 Å². The fraction of sp³-hybridized carbons (Fsp3) is 0.368. The van der Waals surface area contributed by atoms with Gasteiger partial charge in [0.2, 0.25) is 0 Å². The van der Waals surface area contributed by atoms with Gasteiger partial charge in [0, 0.05) is 31.8 Å². The van der Waals surface area contributed by atoms with E-state index in [9.17, 15) is 23.2 Å². The molecule has 1 heterocycles. The first-order valence-corrected chi connectivity index (χ1v) is 8.48. The van der Waals surface area contributed by atoms with Crippen LogP contribution in [0.2, 0.25) is 0 Å². The summed E-state index contributed by atoms with van der Waals surface area (Å²) < 4.78 is 40.8. The zero-order valence-corrected chi connectivity index (χ0v) is 15.0. The summed E-state index contributed by atoms with van der Waals surface area (Å²) in [5.74, 6) is -1.31. The largest absolute Gasteiger partial charge is 0.416 e. The van der Waals surface area contributed by atoms with E-state index < -0.39 is 17.7 Å². The summed E-state index contributed by atoms with van der Waals surface area (Å²) in [6.45, 7) is 0. The molecule has 0 spiro atoms. The van der Waals surface area contributed by atoms with E-state index in [1.165, 1.54) is 18.2 Å². The van der Waals surface area contributed by atoms with Crippen LogP contribution in [-0.2, 0) is 11.0 Å². The number of nitrogens with zero attached hydrogens (tertiary/aromatic N) is 3. The molecule has 1 atom stereocenters. The van der Waals surface area contributed by atoms with Crippen molar-refractivity contribution in [3.05, 3.63) is 58.1 Å². The smallest absolute Gasteiger partial charge is 0.383 e. The lowest BCUT2D eigenvalue weighted by Crippen LogP contribution is -2.45. The monoisotopic (exact) mass is 376 g/mol. The van der Waals surface area contributed by atoms with Gasteiger partial charge in [-0.15, -0.1) is 0 Å². The molecule has 0 amide bonds. The van der Waals surface area contributed by atoms with E-state index in [2.05, 4.69) is 0 Å².